The van der Waals surface area contributed by atoms with Crippen LogP contribution in [-0.2, 0) is 14.4 Å². The summed E-state index contributed by atoms with van der Waals surface area (Å²) in [5.74, 6) is -2.83. The summed E-state index contributed by atoms with van der Waals surface area (Å²) in [5.41, 5.74) is 0. The van der Waals surface area contributed by atoms with Gasteiger partial charge in [-0.05, 0) is 6.92 Å². The van der Waals surface area contributed by atoms with Crippen molar-refractivity contribution in [2.24, 2.45) is 0 Å². The van der Waals surface area contributed by atoms with Crippen LogP contribution in [0.2, 0.25) is 0 Å². The normalized spacial score (nSPS) is 8.42. The first-order chi connectivity index (χ1) is 5.29. The predicted molar refractivity (Wildman–Crippen MR) is 37.2 cm³/mol. The fourth-order valence-corrected chi connectivity index (χ4v) is 0. The molecule has 0 fully saturated rings. The number of ketones is 2. The molecule has 0 atom stereocenters. The van der Waals surface area contributed by atoms with Crippen LogP contribution in [0.1, 0.15) is 13.8 Å². The summed E-state index contributed by atoms with van der Waals surface area (Å²) >= 11 is 0. The minimum absolute atomic E-state index is 0.630. The van der Waals surface area contributed by atoms with Gasteiger partial charge in [-0.2, -0.15) is 0 Å². The molecule has 0 saturated heterocycles. The number of hydrogen-bond donors (Lipinski definition) is 3. The number of carboxylic acid groups (broad SMARTS) is 1. The minimum Gasteiger partial charge on any atom is -0.476 e. The molecule has 0 amide bonds. The average Bonchev–Trinajstić information content (AvgIpc) is 1.88. The number of carbonyl (C=O) groups is 3. The summed E-state index contributed by atoms with van der Waals surface area (Å²) in [5, 5.41) is 23.3. The fourth-order valence-electron chi connectivity index (χ4n) is 0. The highest BCUT2D eigenvalue weighted by atomic mass is 16.5. The third-order valence-corrected chi connectivity index (χ3v) is 0.665. The van der Waals surface area contributed by atoms with Gasteiger partial charge < -0.3 is 15.3 Å². The maximum Gasteiger partial charge on any atom is 0.371 e. The zero-order valence-corrected chi connectivity index (χ0v) is 6.64. The first kappa shape index (κ1) is 13.3. The highest BCUT2D eigenvalue weighted by molar-refractivity contribution is 6.31. The quantitative estimate of drug-likeness (QED) is 0.352. The van der Waals surface area contributed by atoms with Gasteiger partial charge in [-0.25, -0.2) is 4.79 Å². The van der Waals surface area contributed by atoms with Crippen LogP contribution in [0.15, 0.2) is 0 Å². The summed E-state index contributed by atoms with van der Waals surface area (Å²) in [6.07, 6.45) is -1.79. The predicted octanol–water partition coefficient (Wildman–Crippen LogP) is -1.45. The number of carboxylic acids is 1. The van der Waals surface area contributed by atoms with Crippen LogP contribution < -0.4 is 0 Å². The smallest absolute Gasteiger partial charge is 0.371 e. The molecule has 6 nitrogen and oxygen atoms in total. The standard InChI is InChI=1S/C3H6O3.C3H4O3/c2*1-2(4)3(5)6/h3,5-6H,1H3;1H3,(H,5,6). The molecule has 0 spiro atoms. The average molecular weight is 178 g/mol. The Bertz CT molecular complexity index is 170. The number of carbonyl (C=O) groups excluding carboxylic acids is 2. The Labute approximate surface area is 68.4 Å². The van der Waals surface area contributed by atoms with E-state index in [1.807, 2.05) is 0 Å². The molecule has 6 heteroatoms. The highest BCUT2D eigenvalue weighted by Gasteiger charge is 1.99. The van der Waals surface area contributed by atoms with E-state index in [1.165, 1.54) is 0 Å². The number of aliphatic hydroxyl groups excluding tert-OH is 1. The van der Waals surface area contributed by atoms with Gasteiger partial charge in [0.05, 0.1) is 0 Å². The van der Waals surface area contributed by atoms with Crippen LogP contribution in [0.25, 0.3) is 0 Å². The van der Waals surface area contributed by atoms with Gasteiger partial charge in [0.15, 0.2) is 5.78 Å². The van der Waals surface area contributed by atoms with Crippen LogP contribution >= 0.6 is 0 Å². The Morgan fingerprint density at radius 3 is 1.25 bits per heavy atom. The Hall–Kier alpha value is -1.27. The maximum absolute atomic E-state index is 9.64. The zero-order chi connectivity index (χ0) is 10.3. The van der Waals surface area contributed by atoms with Gasteiger partial charge in [0.25, 0.3) is 0 Å². The second-order valence-electron chi connectivity index (χ2n) is 1.85. The molecule has 0 aliphatic heterocycles. The van der Waals surface area contributed by atoms with E-state index >= 15 is 0 Å². The van der Waals surface area contributed by atoms with Crippen molar-refractivity contribution in [3.63, 3.8) is 0 Å². The van der Waals surface area contributed by atoms with Crippen LogP contribution in [0.5, 0.6) is 0 Å². The summed E-state index contributed by atoms with van der Waals surface area (Å²) in [6, 6.07) is 0. The lowest BCUT2D eigenvalue weighted by Gasteiger charge is -1.90. The monoisotopic (exact) mass is 178 g/mol. The Balaban J connectivity index is 0. The largest absolute Gasteiger partial charge is 0.476 e. The Morgan fingerprint density at radius 1 is 1.08 bits per heavy atom. The molecule has 12 heavy (non-hydrogen) atoms. The molecule has 0 saturated carbocycles. The summed E-state index contributed by atoms with van der Waals surface area (Å²) in [6.45, 7) is 2.10. The number of Topliss-reactive ketones (excluding diaryl/α,β-unsaturated/α-hetero) is 2. The second-order valence-corrected chi connectivity index (χ2v) is 1.85. The molecule has 0 aromatic rings. The van der Waals surface area contributed by atoms with E-state index in [1.54, 1.807) is 0 Å². The third kappa shape index (κ3) is 11.5. The molecule has 0 unspecified atom stereocenters. The lowest BCUT2D eigenvalue weighted by atomic mass is 10.4. The van der Waals surface area contributed by atoms with E-state index in [4.69, 9.17) is 15.3 Å². The van der Waals surface area contributed by atoms with Gasteiger partial charge in [0, 0.05) is 6.92 Å². The van der Waals surface area contributed by atoms with Crippen molar-refractivity contribution in [2.45, 2.75) is 20.1 Å². The van der Waals surface area contributed by atoms with Crippen LogP contribution in [-0.4, -0.2) is 39.1 Å². The molecule has 0 radical (unpaired) electrons. The molecular formula is C6H10O6. The van der Waals surface area contributed by atoms with Gasteiger partial charge in [-0.15, -0.1) is 0 Å². The first-order valence-electron chi connectivity index (χ1n) is 2.89. The molecule has 0 aliphatic carbocycles. The van der Waals surface area contributed by atoms with Crippen molar-refractivity contribution in [3.8, 4) is 0 Å². The van der Waals surface area contributed by atoms with E-state index in [0.717, 1.165) is 13.8 Å². The van der Waals surface area contributed by atoms with Crippen LogP contribution in [0, 0.1) is 0 Å². The summed E-state index contributed by atoms with van der Waals surface area (Å²) in [7, 11) is 0. The van der Waals surface area contributed by atoms with Crippen molar-refractivity contribution in [2.75, 3.05) is 0 Å². The molecule has 70 valence electrons. The molecule has 0 aromatic carbocycles. The topological polar surface area (TPSA) is 112 Å². The van der Waals surface area contributed by atoms with Crippen molar-refractivity contribution in [3.05, 3.63) is 0 Å². The SMILES string of the molecule is CC(=O)C(=O)O.CC(=O)C(O)O. The Kier molecular flexibility index (Phi) is 7.15. The van der Waals surface area contributed by atoms with Gasteiger partial charge >= 0.3 is 5.97 Å². The number of aliphatic carboxylic acids is 1. The molecule has 0 rings (SSSR count). The van der Waals surface area contributed by atoms with Gasteiger partial charge in [-0.1, -0.05) is 0 Å². The third-order valence-electron chi connectivity index (χ3n) is 0.665. The molecule has 0 aromatic heterocycles. The van der Waals surface area contributed by atoms with Crippen molar-refractivity contribution in [1.29, 1.82) is 0 Å². The maximum atomic E-state index is 9.64. The Morgan fingerprint density at radius 2 is 1.25 bits per heavy atom. The fraction of sp³-hybridized carbons (Fsp3) is 0.500. The second kappa shape index (κ2) is 6.44. The lowest BCUT2D eigenvalue weighted by molar-refractivity contribution is -0.148. The van der Waals surface area contributed by atoms with Crippen LogP contribution in [0.3, 0.4) is 0 Å². The molecule has 3 N–H and O–H groups in total. The van der Waals surface area contributed by atoms with Crippen LogP contribution in [0.4, 0.5) is 0 Å². The number of hydrogen-bond acceptors (Lipinski definition) is 5. The van der Waals surface area contributed by atoms with Gasteiger partial charge in [-0.3, -0.25) is 9.59 Å². The first-order valence-corrected chi connectivity index (χ1v) is 2.89. The molecule has 0 bridgehead atoms. The molecular weight excluding hydrogens is 168 g/mol. The van der Waals surface area contributed by atoms with Crippen molar-refractivity contribution in [1.82, 2.24) is 0 Å². The number of rotatable bonds is 2. The van der Waals surface area contributed by atoms with E-state index in [9.17, 15) is 14.4 Å². The summed E-state index contributed by atoms with van der Waals surface area (Å²) < 4.78 is 0. The summed E-state index contributed by atoms with van der Waals surface area (Å²) in [4.78, 5) is 28.5. The van der Waals surface area contributed by atoms with E-state index < -0.39 is 23.8 Å². The molecule has 0 aliphatic rings. The van der Waals surface area contributed by atoms with E-state index in [2.05, 4.69) is 0 Å². The van der Waals surface area contributed by atoms with Gasteiger partial charge in [0.1, 0.15) is 0 Å². The molecule has 0 heterocycles. The minimum atomic E-state index is -1.79. The van der Waals surface area contributed by atoms with E-state index in [-0.39, 0.29) is 0 Å². The number of aliphatic hydroxyl groups is 2. The highest BCUT2D eigenvalue weighted by Crippen LogP contribution is 1.72. The zero-order valence-electron chi connectivity index (χ0n) is 6.64. The lowest BCUT2D eigenvalue weighted by Crippen LogP contribution is -2.14. The van der Waals surface area contributed by atoms with E-state index in [0.29, 0.717) is 0 Å². The van der Waals surface area contributed by atoms with Crippen molar-refractivity contribution >= 4 is 17.5 Å². The van der Waals surface area contributed by atoms with Crippen molar-refractivity contribution < 1.29 is 29.7 Å². The van der Waals surface area contributed by atoms with Gasteiger partial charge in [0.2, 0.25) is 12.1 Å².